The van der Waals surface area contributed by atoms with E-state index in [0.717, 1.165) is 28.1 Å². The molecule has 0 N–H and O–H groups in total. The van der Waals surface area contributed by atoms with Crippen LogP contribution in [-0.2, 0) is 6.61 Å². The Kier molecular flexibility index (Phi) is 6.24. The summed E-state index contributed by atoms with van der Waals surface area (Å²) in [5.74, 6) is 0.786. The van der Waals surface area contributed by atoms with Crippen molar-refractivity contribution in [2.45, 2.75) is 6.61 Å². The molecular formula is C25H17ClN2OS. The van der Waals surface area contributed by atoms with Gasteiger partial charge < -0.3 is 4.74 Å². The summed E-state index contributed by atoms with van der Waals surface area (Å²) in [6, 6.07) is 27.5. The van der Waals surface area contributed by atoms with E-state index in [4.69, 9.17) is 16.3 Å². The summed E-state index contributed by atoms with van der Waals surface area (Å²) in [7, 11) is 0. The van der Waals surface area contributed by atoms with Crippen molar-refractivity contribution in [2.24, 2.45) is 0 Å². The third-order valence-corrected chi connectivity index (χ3v) is 5.56. The van der Waals surface area contributed by atoms with E-state index in [9.17, 15) is 5.26 Å². The highest BCUT2D eigenvalue weighted by Gasteiger charge is 2.09. The van der Waals surface area contributed by atoms with Gasteiger partial charge >= 0.3 is 0 Å². The second-order valence-electron chi connectivity index (χ2n) is 6.56. The SMILES string of the molecule is N#CC(=Cc1ccc(OCc2ccccc2)cc1)c1nc(-c2ccc(Cl)cc2)cs1. The molecule has 0 aliphatic rings. The molecular weight excluding hydrogens is 412 g/mol. The smallest absolute Gasteiger partial charge is 0.134 e. The minimum Gasteiger partial charge on any atom is -0.489 e. The Labute approximate surface area is 184 Å². The molecule has 0 spiro atoms. The Hall–Kier alpha value is -3.39. The fourth-order valence-electron chi connectivity index (χ4n) is 2.86. The minimum absolute atomic E-state index is 0.520. The van der Waals surface area contributed by atoms with E-state index < -0.39 is 0 Å². The van der Waals surface area contributed by atoms with Crippen LogP contribution in [0, 0.1) is 11.3 Å². The van der Waals surface area contributed by atoms with E-state index in [1.165, 1.54) is 11.3 Å². The number of halogens is 1. The summed E-state index contributed by atoms with van der Waals surface area (Å²) >= 11 is 7.40. The summed E-state index contributed by atoms with van der Waals surface area (Å²) in [5.41, 5.74) is 4.37. The Morgan fingerprint density at radius 3 is 2.43 bits per heavy atom. The van der Waals surface area contributed by atoms with Crippen molar-refractivity contribution in [3.63, 3.8) is 0 Å². The highest BCUT2D eigenvalue weighted by atomic mass is 35.5. The van der Waals surface area contributed by atoms with Gasteiger partial charge in [0.2, 0.25) is 0 Å². The molecule has 4 aromatic rings. The van der Waals surface area contributed by atoms with Crippen molar-refractivity contribution in [3.05, 3.63) is 105 Å². The zero-order valence-corrected chi connectivity index (χ0v) is 17.5. The van der Waals surface area contributed by atoms with Crippen LogP contribution in [0.4, 0.5) is 0 Å². The second kappa shape index (κ2) is 9.41. The number of hydrogen-bond donors (Lipinski definition) is 0. The molecule has 0 radical (unpaired) electrons. The molecule has 0 amide bonds. The van der Waals surface area contributed by atoms with Crippen molar-refractivity contribution >= 4 is 34.6 Å². The van der Waals surface area contributed by atoms with Gasteiger partial charge in [-0.3, -0.25) is 0 Å². The van der Waals surface area contributed by atoms with Crippen molar-refractivity contribution in [3.8, 4) is 23.1 Å². The average Bonchev–Trinajstić information content (AvgIpc) is 3.28. The maximum atomic E-state index is 9.63. The molecule has 4 rings (SSSR count). The Bertz CT molecular complexity index is 1190. The predicted molar refractivity (Wildman–Crippen MR) is 123 cm³/mol. The van der Waals surface area contributed by atoms with Crippen LogP contribution in [0.5, 0.6) is 5.75 Å². The van der Waals surface area contributed by atoms with Gasteiger partial charge in [-0.05, 0) is 41.5 Å². The normalized spacial score (nSPS) is 11.1. The number of rotatable bonds is 6. The molecule has 0 atom stereocenters. The monoisotopic (exact) mass is 428 g/mol. The number of allylic oxidation sites excluding steroid dienone is 1. The number of thiazole rings is 1. The van der Waals surface area contributed by atoms with Gasteiger partial charge in [0.15, 0.2) is 0 Å². The van der Waals surface area contributed by atoms with Crippen LogP contribution in [0.15, 0.2) is 84.2 Å². The van der Waals surface area contributed by atoms with Crippen LogP contribution in [0.1, 0.15) is 16.1 Å². The molecule has 0 aliphatic heterocycles. The molecule has 0 saturated carbocycles. The van der Waals surface area contributed by atoms with Crippen LogP contribution in [-0.4, -0.2) is 4.98 Å². The molecule has 0 aliphatic carbocycles. The van der Waals surface area contributed by atoms with Gasteiger partial charge in [0.1, 0.15) is 23.4 Å². The van der Waals surface area contributed by atoms with Crippen LogP contribution >= 0.6 is 22.9 Å². The second-order valence-corrected chi connectivity index (χ2v) is 7.85. The van der Waals surface area contributed by atoms with E-state index in [1.54, 1.807) is 0 Å². The number of nitrogens with zero attached hydrogens (tertiary/aromatic N) is 2. The topological polar surface area (TPSA) is 45.9 Å². The summed E-state index contributed by atoms with van der Waals surface area (Å²) in [5, 5.41) is 12.9. The van der Waals surface area contributed by atoms with E-state index in [-0.39, 0.29) is 0 Å². The fourth-order valence-corrected chi connectivity index (χ4v) is 3.78. The third-order valence-electron chi connectivity index (χ3n) is 4.43. The summed E-state index contributed by atoms with van der Waals surface area (Å²) < 4.78 is 5.82. The number of benzene rings is 3. The number of nitriles is 1. The third kappa shape index (κ3) is 4.96. The lowest BCUT2D eigenvalue weighted by Crippen LogP contribution is -1.94. The molecule has 0 saturated heterocycles. The predicted octanol–water partition coefficient (Wildman–Crippen LogP) is 7.11. The van der Waals surface area contributed by atoms with Crippen molar-refractivity contribution in [1.29, 1.82) is 5.26 Å². The zero-order valence-electron chi connectivity index (χ0n) is 16.0. The van der Waals surface area contributed by atoms with E-state index >= 15 is 0 Å². The lowest BCUT2D eigenvalue weighted by Gasteiger charge is -2.06. The summed E-state index contributed by atoms with van der Waals surface area (Å²) in [4.78, 5) is 4.62. The van der Waals surface area contributed by atoms with Crippen molar-refractivity contribution < 1.29 is 4.74 Å². The van der Waals surface area contributed by atoms with E-state index in [2.05, 4.69) is 11.1 Å². The summed E-state index contributed by atoms with van der Waals surface area (Å²) in [6.45, 7) is 0.520. The van der Waals surface area contributed by atoms with Gasteiger partial charge in [0, 0.05) is 16.0 Å². The Morgan fingerprint density at radius 1 is 1.00 bits per heavy atom. The van der Waals surface area contributed by atoms with Crippen LogP contribution in [0.3, 0.4) is 0 Å². The van der Waals surface area contributed by atoms with Gasteiger partial charge in [0.05, 0.1) is 11.3 Å². The van der Waals surface area contributed by atoms with Gasteiger partial charge in [-0.25, -0.2) is 4.98 Å². The fraction of sp³-hybridized carbons (Fsp3) is 0.0400. The molecule has 0 fully saturated rings. The largest absolute Gasteiger partial charge is 0.489 e. The zero-order chi connectivity index (χ0) is 20.8. The first-order valence-corrected chi connectivity index (χ1v) is 10.6. The van der Waals surface area contributed by atoms with Crippen LogP contribution < -0.4 is 4.74 Å². The molecule has 3 aromatic carbocycles. The highest BCUT2D eigenvalue weighted by molar-refractivity contribution is 7.11. The first-order valence-electron chi connectivity index (χ1n) is 9.32. The number of aromatic nitrogens is 1. The maximum absolute atomic E-state index is 9.63. The molecule has 3 nitrogen and oxygen atoms in total. The molecule has 146 valence electrons. The summed E-state index contributed by atoms with van der Waals surface area (Å²) in [6.07, 6.45) is 1.84. The number of ether oxygens (including phenoxy) is 1. The first kappa shape index (κ1) is 19.9. The standard InChI is InChI=1S/C25H17ClN2OS/c26-22-10-8-20(9-11-22)24-17-30-25(28-24)21(15-27)14-18-6-12-23(13-7-18)29-16-19-4-2-1-3-5-19/h1-14,17H,16H2. The van der Waals surface area contributed by atoms with Gasteiger partial charge in [0.25, 0.3) is 0 Å². The molecule has 30 heavy (non-hydrogen) atoms. The lowest BCUT2D eigenvalue weighted by molar-refractivity contribution is 0.306. The molecule has 5 heteroatoms. The van der Waals surface area contributed by atoms with Crippen LogP contribution in [0.25, 0.3) is 22.9 Å². The highest BCUT2D eigenvalue weighted by Crippen LogP contribution is 2.28. The molecule has 0 unspecified atom stereocenters. The maximum Gasteiger partial charge on any atom is 0.134 e. The van der Waals surface area contributed by atoms with E-state index in [0.29, 0.717) is 22.2 Å². The molecule has 1 heterocycles. The van der Waals surface area contributed by atoms with Crippen molar-refractivity contribution in [1.82, 2.24) is 4.98 Å². The van der Waals surface area contributed by atoms with Crippen molar-refractivity contribution in [2.75, 3.05) is 0 Å². The van der Waals surface area contributed by atoms with Crippen LogP contribution in [0.2, 0.25) is 5.02 Å². The minimum atomic E-state index is 0.520. The first-order chi connectivity index (χ1) is 14.7. The number of hydrogen-bond acceptors (Lipinski definition) is 4. The lowest BCUT2D eigenvalue weighted by atomic mass is 10.1. The van der Waals surface area contributed by atoms with Gasteiger partial charge in [-0.2, -0.15) is 5.26 Å². The molecule has 1 aromatic heterocycles. The van der Waals surface area contributed by atoms with Gasteiger partial charge in [-0.15, -0.1) is 11.3 Å². The Morgan fingerprint density at radius 2 is 1.73 bits per heavy atom. The van der Waals surface area contributed by atoms with E-state index in [1.807, 2.05) is 90.3 Å². The average molecular weight is 429 g/mol. The van der Waals surface area contributed by atoms with Gasteiger partial charge in [-0.1, -0.05) is 66.2 Å². The Balaban J connectivity index is 1.47. The molecule has 0 bridgehead atoms. The quantitative estimate of drug-likeness (QED) is 0.307.